The predicted molar refractivity (Wildman–Crippen MR) is 71.8 cm³/mol. The third-order valence-electron chi connectivity index (χ3n) is 3.07. The molecule has 2 rings (SSSR count). The maximum Gasteiger partial charge on any atom is 0.254 e. The zero-order valence-electron chi connectivity index (χ0n) is 10.6. The van der Waals surface area contributed by atoms with E-state index >= 15 is 0 Å². The number of hydrogen-bond donors (Lipinski definition) is 1. The summed E-state index contributed by atoms with van der Waals surface area (Å²) in [4.78, 5) is 14.1. The Morgan fingerprint density at radius 2 is 2.22 bits per heavy atom. The third-order valence-corrected chi connectivity index (χ3v) is 3.07. The zero-order chi connectivity index (χ0) is 12.4. The Balaban J connectivity index is 0.00000162. The maximum absolute atomic E-state index is 13.0. The average Bonchev–Trinajstić information content (AvgIpc) is 2.28. The summed E-state index contributed by atoms with van der Waals surface area (Å²) in [6.07, 6.45) is 0. The normalized spacial score (nSPS) is 19.3. The van der Waals surface area contributed by atoms with Crippen LogP contribution in [0.15, 0.2) is 18.2 Å². The first kappa shape index (κ1) is 14.9. The molecular weight excluding hydrogens is 255 g/mol. The van der Waals surface area contributed by atoms with Crippen molar-refractivity contribution in [2.24, 2.45) is 0 Å². The van der Waals surface area contributed by atoms with E-state index in [9.17, 15) is 9.18 Å². The molecule has 0 aromatic heterocycles. The summed E-state index contributed by atoms with van der Waals surface area (Å²) in [6, 6.07) is 4.62. The maximum atomic E-state index is 13.0. The van der Waals surface area contributed by atoms with E-state index in [-0.39, 0.29) is 24.1 Å². The van der Waals surface area contributed by atoms with Gasteiger partial charge in [0.15, 0.2) is 0 Å². The van der Waals surface area contributed by atoms with Gasteiger partial charge in [-0.2, -0.15) is 0 Å². The van der Waals surface area contributed by atoms with Gasteiger partial charge in [0.1, 0.15) is 5.82 Å². The highest BCUT2D eigenvalue weighted by atomic mass is 35.5. The Kier molecular flexibility index (Phi) is 5.11. The molecule has 3 nitrogen and oxygen atoms in total. The van der Waals surface area contributed by atoms with E-state index in [2.05, 4.69) is 12.2 Å². The fourth-order valence-corrected chi connectivity index (χ4v) is 2.15. The molecule has 1 fully saturated rings. The highest BCUT2D eigenvalue weighted by Crippen LogP contribution is 2.14. The molecule has 1 aromatic carbocycles. The minimum atomic E-state index is -0.298. The summed E-state index contributed by atoms with van der Waals surface area (Å²) in [6.45, 7) is 6.04. The van der Waals surface area contributed by atoms with E-state index < -0.39 is 0 Å². The lowest BCUT2D eigenvalue weighted by Gasteiger charge is -2.32. The molecule has 1 amide bonds. The van der Waals surface area contributed by atoms with Crippen molar-refractivity contribution >= 4 is 18.3 Å². The third kappa shape index (κ3) is 3.21. The summed E-state index contributed by atoms with van der Waals surface area (Å²) in [5, 5.41) is 3.29. The molecule has 0 unspecified atom stereocenters. The second-order valence-electron chi connectivity index (χ2n) is 4.57. The van der Waals surface area contributed by atoms with Crippen molar-refractivity contribution in [3.63, 3.8) is 0 Å². The molecular formula is C13H18ClFN2O. The molecule has 5 heteroatoms. The van der Waals surface area contributed by atoms with E-state index in [1.807, 2.05) is 4.90 Å². The lowest BCUT2D eigenvalue weighted by molar-refractivity contribution is 0.0708. The van der Waals surface area contributed by atoms with Crippen LogP contribution in [0.4, 0.5) is 4.39 Å². The van der Waals surface area contributed by atoms with Crippen molar-refractivity contribution in [1.29, 1.82) is 0 Å². The van der Waals surface area contributed by atoms with Gasteiger partial charge >= 0.3 is 0 Å². The number of nitrogens with zero attached hydrogens (tertiary/aromatic N) is 1. The fourth-order valence-electron chi connectivity index (χ4n) is 2.15. The van der Waals surface area contributed by atoms with Crippen LogP contribution in [0.2, 0.25) is 0 Å². The van der Waals surface area contributed by atoms with E-state index in [1.54, 1.807) is 13.0 Å². The number of amides is 1. The van der Waals surface area contributed by atoms with E-state index in [0.717, 1.165) is 6.54 Å². The average molecular weight is 273 g/mol. The summed E-state index contributed by atoms with van der Waals surface area (Å²) < 4.78 is 13.0. The van der Waals surface area contributed by atoms with Crippen LogP contribution in [-0.4, -0.2) is 36.5 Å². The Bertz CT molecular complexity index is 439. The summed E-state index contributed by atoms with van der Waals surface area (Å²) in [5.41, 5.74) is 1.29. The van der Waals surface area contributed by atoms with E-state index in [4.69, 9.17) is 0 Å². The monoisotopic (exact) mass is 272 g/mol. The Hall–Kier alpha value is -1.13. The van der Waals surface area contributed by atoms with Crippen LogP contribution in [0, 0.1) is 12.7 Å². The van der Waals surface area contributed by atoms with Gasteiger partial charge in [-0.05, 0) is 37.6 Å². The number of aryl methyl sites for hydroxylation is 1. The van der Waals surface area contributed by atoms with Crippen molar-refractivity contribution in [1.82, 2.24) is 10.2 Å². The number of carbonyl (C=O) groups excluding carboxylic acids is 1. The number of carbonyl (C=O) groups is 1. The molecule has 18 heavy (non-hydrogen) atoms. The molecule has 0 saturated carbocycles. The Labute approximate surface area is 113 Å². The number of halogens is 2. The number of rotatable bonds is 1. The lowest BCUT2D eigenvalue weighted by atomic mass is 10.1. The Morgan fingerprint density at radius 3 is 2.83 bits per heavy atom. The van der Waals surface area contributed by atoms with Gasteiger partial charge in [-0.3, -0.25) is 4.79 Å². The molecule has 1 saturated heterocycles. The van der Waals surface area contributed by atoms with Crippen LogP contribution in [0.1, 0.15) is 22.8 Å². The van der Waals surface area contributed by atoms with Gasteiger partial charge in [-0.1, -0.05) is 0 Å². The van der Waals surface area contributed by atoms with Crippen molar-refractivity contribution < 1.29 is 9.18 Å². The van der Waals surface area contributed by atoms with Crippen LogP contribution in [0.25, 0.3) is 0 Å². The first-order chi connectivity index (χ1) is 8.08. The quantitative estimate of drug-likeness (QED) is 0.848. The molecule has 0 bridgehead atoms. The van der Waals surface area contributed by atoms with Crippen molar-refractivity contribution in [3.8, 4) is 0 Å². The van der Waals surface area contributed by atoms with Crippen LogP contribution in [-0.2, 0) is 0 Å². The minimum Gasteiger partial charge on any atom is -0.336 e. The Morgan fingerprint density at radius 1 is 1.50 bits per heavy atom. The molecule has 100 valence electrons. The van der Waals surface area contributed by atoms with Gasteiger partial charge in [-0.15, -0.1) is 12.4 Å². The number of hydrogen-bond acceptors (Lipinski definition) is 2. The first-order valence-electron chi connectivity index (χ1n) is 5.87. The molecule has 1 aliphatic heterocycles. The van der Waals surface area contributed by atoms with E-state index in [0.29, 0.717) is 30.3 Å². The highest BCUT2D eigenvalue weighted by molar-refractivity contribution is 5.95. The molecule has 1 atom stereocenters. The smallest absolute Gasteiger partial charge is 0.254 e. The van der Waals surface area contributed by atoms with Gasteiger partial charge in [0, 0.05) is 31.2 Å². The van der Waals surface area contributed by atoms with Gasteiger partial charge < -0.3 is 10.2 Å². The van der Waals surface area contributed by atoms with Crippen LogP contribution >= 0.6 is 12.4 Å². The number of piperazine rings is 1. The van der Waals surface area contributed by atoms with Crippen LogP contribution in [0.3, 0.4) is 0 Å². The topological polar surface area (TPSA) is 32.3 Å². The second-order valence-corrected chi connectivity index (χ2v) is 4.57. The summed E-state index contributed by atoms with van der Waals surface area (Å²) in [5.74, 6) is -0.302. The van der Waals surface area contributed by atoms with Crippen molar-refractivity contribution in [2.45, 2.75) is 19.9 Å². The van der Waals surface area contributed by atoms with Gasteiger partial charge in [0.2, 0.25) is 0 Å². The largest absolute Gasteiger partial charge is 0.336 e. The van der Waals surface area contributed by atoms with Crippen LogP contribution < -0.4 is 5.32 Å². The van der Waals surface area contributed by atoms with Crippen molar-refractivity contribution in [2.75, 3.05) is 19.6 Å². The predicted octanol–water partition coefficient (Wildman–Crippen LogP) is 1.99. The standard InChI is InChI=1S/C13H17FN2O.ClH/c1-9-7-11(14)3-4-12(9)13(17)16-6-5-15-10(2)8-16;/h3-4,7,10,15H,5-6,8H2,1-2H3;1H/t10-;/m1./s1. The molecule has 1 heterocycles. The molecule has 0 aliphatic carbocycles. The molecule has 0 radical (unpaired) electrons. The summed E-state index contributed by atoms with van der Waals surface area (Å²) in [7, 11) is 0. The lowest BCUT2D eigenvalue weighted by Crippen LogP contribution is -2.51. The zero-order valence-corrected chi connectivity index (χ0v) is 11.4. The first-order valence-corrected chi connectivity index (χ1v) is 5.87. The number of benzene rings is 1. The molecule has 1 aliphatic rings. The van der Waals surface area contributed by atoms with E-state index in [1.165, 1.54) is 12.1 Å². The molecule has 1 N–H and O–H groups in total. The van der Waals surface area contributed by atoms with Crippen LogP contribution in [0.5, 0.6) is 0 Å². The SMILES string of the molecule is Cc1cc(F)ccc1C(=O)N1CCN[C@H](C)C1.Cl. The molecule has 1 aromatic rings. The second kappa shape index (κ2) is 6.16. The minimum absolute atomic E-state index is 0. The molecule has 0 spiro atoms. The highest BCUT2D eigenvalue weighted by Gasteiger charge is 2.22. The van der Waals surface area contributed by atoms with Gasteiger partial charge in [0.25, 0.3) is 5.91 Å². The fraction of sp³-hybridized carbons (Fsp3) is 0.462. The van der Waals surface area contributed by atoms with Gasteiger partial charge in [0.05, 0.1) is 0 Å². The van der Waals surface area contributed by atoms with Crippen molar-refractivity contribution in [3.05, 3.63) is 35.1 Å². The summed E-state index contributed by atoms with van der Waals surface area (Å²) >= 11 is 0. The number of nitrogens with one attached hydrogen (secondary N) is 1. The van der Waals surface area contributed by atoms with Gasteiger partial charge in [-0.25, -0.2) is 4.39 Å².